The van der Waals surface area contributed by atoms with Crippen LogP contribution in [-0.2, 0) is 9.53 Å². The second-order valence-electron chi connectivity index (χ2n) is 5.05. The molecule has 0 radical (unpaired) electrons. The molecule has 1 saturated carbocycles. The molecule has 0 bridgehead atoms. The van der Waals surface area contributed by atoms with Gasteiger partial charge < -0.3 is 20.6 Å². The van der Waals surface area contributed by atoms with Crippen LogP contribution in [0.25, 0.3) is 5.70 Å². The van der Waals surface area contributed by atoms with Crippen molar-refractivity contribution in [1.82, 2.24) is 5.43 Å². The second kappa shape index (κ2) is 7.38. The Morgan fingerprint density at radius 2 is 2.18 bits per heavy atom. The molecule has 1 aromatic rings. The van der Waals surface area contributed by atoms with E-state index < -0.39 is 5.97 Å². The van der Waals surface area contributed by atoms with Crippen molar-refractivity contribution in [2.45, 2.75) is 19.8 Å². The lowest BCUT2D eigenvalue weighted by molar-refractivity contribution is -0.138. The van der Waals surface area contributed by atoms with Crippen molar-refractivity contribution >= 4 is 23.3 Å². The standard InChI is InChI=1S/C15H20ClN3O3/c1-2-21-15(20)14(19-18)13(17)10-5-6-11(16)12(7-10)22-8-9-3-4-9/h5-7,9,19H,2-4,8,17-18H2,1H3/b14-13-. The van der Waals surface area contributed by atoms with Gasteiger partial charge in [-0.3, -0.25) is 5.84 Å². The average Bonchev–Trinajstić information content (AvgIpc) is 3.31. The number of halogens is 1. The monoisotopic (exact) mass is 325 g/mol. The minimum atomic E-state index is -0.613. The summed E-state index contributed by atoms with van der Waals surface area (Å²) in [5.41, 5.74) is 9.04. The summed E-state index contributed by atoms with van der Waals surface area (Å²) in [6.45, 7) is 2.56. The van der Waals surface area contributed by atoms with Crippen LogP contribution in [0.5, 0.6) is 5.75 Å². The molecule has 120 valence electrons. The molecule has 0 atom stereocenters. The van der Waals surface area contributed by atoms with Crippen molar-refractivity contribution in [3.8, 4) is 5.75 Å². The van der Waals surface area contributed by atoms with E-state index in [2.05, 4.69) is 5.43 Å². The molecule has 22 heavy (non-hydrogen) atoms. The number of nitrogens with two attached hydrogens (primary N) is 2. The molecule has 1 aliphatic rings. The molecule has 0 heterocycles. The summed E-state index contributed by atoms with van der Waals surface area (Å²) in [7, 11) is 0. The molecular formula is C15H20ClN3O3. The van der Waals surface area contributed by atoms with Crippen molar-refractivity contribution in [1.29, 1.82) is 0 Å². The van der Waals surface area contributed by atoms with Gasteiger partial charge >= 0.3 is 5.97 Å². The van der Waals surface area contributed by atoms with Gasteiger partial charge in [0, 0.05) is 5.56 Å². The van der Waals surface area contributed by atoms with Gasteiger partial charge in [0.1, 0.15) is 5.75 Å². The maximum Gasteiger partial charge on any atom is 0.357 e. The molecule has 0 aliphatic heterocycles. The molecule has 0 unspecified atom stereocenters. The number of carbonyl (C=O) groups is 1. The van der Waals surface area contributed by atoms with E-state index in [1.54, 1.807) is 25.1 Å². The van der Waals surface area contributed by atoms with E-state index in [9.17, 15) is 4.79 Å². The lowest BCUT2D eigenvalue weighted by atomic mass is 10.1. The van der Waals surface area contributed by atoms with Gasteiger partial charge in [0.15, 0.2) is 5.70 Å². The van der Waals surface area contributed by atoms with E-state index in [-0.39, 0.29) is 18.0 Å². The maximum atomic E-state index is 11.8. The molecule has 0 saturated heterocycles. The largest absolute Gasteiger partial charge is 0.492 e. The zero-order valence-corrected chi connectivity index (χ0v) is 13.2. The average molecular weight is 326 g/mol. The summed E-state index contributed by atoms with van der Waals surface area (Å²) in [6, 6.07) is 5.06. The molecule has 1 fully saturated rings. The molecule has 5 N–H and O–H groups in total. The first-order valence-corrected chi connectivity index (χ1v) is 7.50. The lowest BCUT2D eigenvalue weighted by Gasteiger charge is -2.13. The predicted octanol–water partition coefficient (Wildman–Crippen LogP) is 1.78. The van der Waals surface area contributed by atoms with Gasteiger partial charge in [-0.25, -0.2) is 4.79 Å². The summed E-state index contributed by atoms with van der Waals surface area (Å²) >= 11 is 6.12. The van der Waals surface area contributed by atoms with E-state index in [1.807, 2.05) is 0 Å². The van der Waals surface area contributed by atoms with E-state index in [1.165, 1.54) is 12.8 Å². The molecule has 0 aromatic heterocycles. The third-order valence-corrected chi connectivity index (χ3v) is 3.62. The first-order valence-electron chi connectivity index (χ1n) is 7.13. The molecule has 0 amide bonds. The molecular weight excluding hydrogens is 306 g/mol. The summed E-state index contributed by atoms with van der Waals surface area (Å²) in [5.74, 6) is 5.90. The minimum Gasteiger partial charge on any atom is -0.492 e. The Hall–Kier alpha value is -1.92. The Kier molecular flexibility index (Phi) is 5.51. The van der Waals surface area contributed by atoms with Crippen LogP contribution < -0.4 is 21.7 Å². The Balaban J connectivity index is 2.24. The molecule has 7 heteroatoms. The molecule has 1 aromatic carbocycles. The Morgan fingerprint density at radius 3 is 2.77 bits per heavy atom. The maximum absolute atomic E-state index is 11.8. The molecule has 2 rings (SSSR count). The number of carbonyl (C=O) groups excluding carboxylic acids is 1. The van der Waals surface area contributed by atoms with Crippen LogP contribution in [0.15, 0.2) is 23.9 Å². The topological polar surface area (TPSA) is 99.6 Å². The van der Waals surface area contributed by atoms with Crippen molar-refractivity contribution in [2.24, 2.45) is 17.5 Å². The molecule has 1 aliphatic carbocycles. The Bertz CT molecular complexity index is 585. The predicted molar refractivity (Wildman–Crippen MR) is 84.7 cm³/mol. The van der Waals surface area contributed by atoms with Crippen molar-refractivity contribution in [3.05, 3.63) is 34.5 Å². The van der Waals surface area contributed by atoms with Gasteiger partial charge in [-0.15, -0.1) is 0 Å². The zero-order chi connectivity index (χ0) is 16.1. The van der Waals surface area contributed by atoms with E-state index in [0.717, 1.165) is 0 Å². The van der Waals surface area contributed by atoms with Crippen LogP contribution in [0.4, 0.5) is 0 Å². The fourth-order valence-corrected chi connectivity index (χ4v) is 2.04. The number of ether oxygens (including phenoxy) is 2. The first-order chi connectivity index (χ1) is 10.6. The first kappa shape index (κ1) is 16.5. The van der Waals surface area contributed by atoms with Crippen LogP contribution in [0.3, 0.4) is 0 Å². The highest BCUT2D eigenvalue weighted by Gasteiger charge is 2.22. The lowest BCUT2D eigenvalue weighted by Crippen LogP contribution is -2.31. The van der Waals surface area contributed by atoms with Crippen LogP contribution in [0.1, 0.15) is 25.3 Å². The van der Waals surface area contributed by atoms with Crippen LogP contribution >= 0.6 is 11.6 Å². The van der Waals surface area contributed by atoms with Gasteiger partial charge in [-0.1, -0.05) is 17.7 Å². The smallest absolute Gasteiger partial charge is 0.357 e. The highest BCUT2D eigenvalue weighted by atomic mass is 35.5. The van der Waals surface area contributed by atoms with Gasteiger partial charge in [0.05, 0.1) is 23.9 Å². The summed E-state index contributed by atoms with van der Waals surface area (Å²) in [4.78, 5) is 11.8. The third kappa shape index (κ3) is 4.05. The number of hydrazine groups is 1. The number of hydrogen-bond donors (Lipinski definition) is 3. The molecule has 0 spiro atoms. The van der Waals surface area contributed by atoms with E-state index in [0.29, 0.717) is 28.9 Å². The zero-order valence-electron chi connectivity index (χ0n) is 12.4. The number of rotatable bonds is 7. The van der Waals surface area contributed by atoms with Crippen LogP contribution in [-0.4, -0.2) is 19.2 Å². The fourth-order valence-electron chi connectivity index (χ4n) is 1.87. The second-order valence-corrected chi connectivity index (χ2v) is 5.46. The highest BCUT2D eigenvalue weighted by molar-refractivity contribution is 6.32. The fraction of sp³-hybridized carbons (Fsp3) is 0.400. The van der Waals surface area contributed by atoms with E-state index in [4.69, 9.17) is 32.7 Å². The number of esters is 1. The summed E-state index contributed by atoms with van der Waals surface area (Å²) in [5, 5.41) is 0.496. The number of benzene rings is 1. The Morgan fingerprint density at radius 1 is 1.45 bits per heavy atom. The highest BCUT2D eigenvalue weighted by Crippen LogP contribution is 2.33. The number of hydrogen-bond acceptors (Lipinski definition) is 6. The van der Waals surface area contributed by atoms with Gasteiger partial charge in [0.25, 0.3) is 0 Å². The van der Waals surface area contributed by atoms with Crippen molar-refractivity contribution in [3.63, 3.8) is 0 Å². The van der Waals surface area contributed by atoms with Gasteiger partial charge in [-0.2, -0.15) is 0 Å². The molecule has 6 nitrogen and oxygen atoms in total. The van der Waals surface area contributed by atoms with E-state index >= 15 is 0 Å². The van der Waals surface area contributed by atoms with Crippen molar-refractivity contribution in [2.75, 3.05) is 13.2 Å². The van der Waals surface area contributed by atoms with Gasteiger partial charge in [-0.05, 0) is 37.8 Å². The van der Waals surface area contributed by atoms with Gasteiger partial charge in [0.2, 0.25) is 0 Å². The third-order valence-electron chi connectivity index (χ3n) is 3.31. The number of nitrogens with one attached hydrogen (secondary N) is 1. The van der Waals surface area contributed by atoms with Crippen molar-refractivity contribution < 1.29 is 14.3 Å². The minimum absolute atomic E-state index is 0.00249. The normalized spacial score (nSPS) is 15.0. The summed E-state index contributed by atoms with van der Waals surface area (Å²) in [6.07, 6.45) is 2.37. The Labute approximate surface area is 134 Å². The van der Waals surface area contributed by atoms with Crippen LogP contribution in [0.2, 0.25) is 5.02 Å². The quantitative estimate of drug-likeness (QED) is 0.306. The SMILES string of the molecule is CCOC(=O)/C(NN)=C(/N)c1ccc(Cl)c(OCC2CC2)c1. The summed E-state index contributed by atoms with van der Waals surface area (Å²) < 4.78 is 10.6. The van der Waals surface area contributed by atoms with Crippen LogP contribution in [0, 0.1) is 5.92 Å².